The summed E-state index contributed by atoms with van der Waals surface area (Å²) in [6, 6.07) is 9.08. The van der Waals surface area contributed by atoms with Crippen molar-refractivity contribution in [3.8, 4) is 5.75 Å². The Balaban J connectivity index is 0.000000263. The number of hydrogen-bond donors (Lipinski definition) is 1. The van der Waals surface area contributed by atoms with Crippen LogP contribution in [0.3, 0.4) is 0 Å². The van der Waals surface area contributed by atoms with Crippen molar-refractivity contribution in [3.63, 3.8) is 0 Å². The second-order valence-electron chi connectivity index (χ2n) is 9.89. The Bertz CT molecular complexity index is 1280. The summed E-state index contributed by atoms with van der Waals surface area (Å²) in [6.07, 6.45) is 6.00. The number of allylic oxidation sites excluding steroid dienone is 6. The number of nitrogens with one attached hydrogen (secondary N) is 1. The normalized spacial score (nSPS) is 18.6. The second kappa shape index (κ2) is 14.8. The van der Waals surface area contributed by atoms with Crippen LogP contribution in [0.15, 0.2) is 71.7 Å². The van der Waals surface area contributed by atoms with Crippen molar-refractivity contribution in [1.82, 2.24) is 15.2 Å². The molecule has 2 amide bonds. The zero-order valence-electron chi connectivity index (χ0n) is 22.8. The van der Waals surface area contributed by atoms with Crippen LogP contribution in [0.4, 0.5) is 17.6 Å². The van der Waals surface area contributed by atoms with Gasteiger partial charge in [0.05, 0.1) is 10.7 Å². The van der Waals surface area contributed by atoms with Crippen molar-refractivity contribution in [1.29, 1.82) is 0 Å². The Labute approximate surface area is 241 Å². The Morgan fingerprint density at radius 2 is 1.85 bits per heavy atom. The quantitative estimate of drug-likeness (QED) is 0.262. The van der Waals surface area contributed by atoms with E-state index in [2.05, 4.69) is 22.0 Å². The largest absolute Gasteiger partial charge is 0.573 e. The third-order valence-electron chi connectivity index (χ3n) is 6.78. The zero-order valence-corrected chi connectivity index (χ0v) is 23.5. The van der Waals surface area contributed by atoms with Crippen LogP contribution in [0.2, 0.25) is 0 Å². The molecular weight excluding hydrogens is 562 g/mol. The number of carbonyl (C=O) groups is 2. The molecule has 1 fully saturated rings. The van der Waals surface area contributed by atoms with E-state index in [4.69, 9.17) is 11.6 Å². The highest BCUT2D eigenvalue weighted by molar-refractivity contribution is 6.37. The Morgan fingerprint density at radius 3 is 2.44 bits per heavy atom. The van der Waals surface area contributed by atoms with Gasteiger partial charge in [0.25, 0.3) is 0 Å². The molecule has 11 heteroatoms. The van der Waals surface area contributed by atoms with E-state index in [0.29, 0.717) is 41.6 Å². The van der Waals surface area contributed by atoms with Crippen LogP contribution in [0, 0.1) is 11.8 Å². The highest BCUT2D eigenvalue weighted by Crippen LogP contribution is 2.33. The minimum absolute atomic E-state index is 0.148. The van der Waals surface area contributed by atoms with Crippen molar-refractivity contribution in [2.24, 2.45) is 11.8 Å². The summed E-state index contributed by atoms with van der Waals surface area (Å²) in [5.41, 5.74) is 3.09. The van der Waals surface area contributed by atoms with Gasteiger partial charge in [-0.15, -0.1) is 13.2 Å². The standard InChI is InChI=1S/C21H24ClFN2O.C9H8F3NO2/c1-14-5-3-7-17(14)21(26)25(2)13-15-9-10-20(24-12-15)18-8-4-6-16(23)11-19(18)22;10-9(11,12)15-8-3-1-7(2-4-8)5-13-6-14/h6,8-12,14,17H,3-5,7,13H2,1-2H3;1-4,6H,5H2,(H,13,14)/t14?,17-;/m1./s1. The maximum atomic E-state index is 13.4. The number of aromatic nitrogens is 1. The fourth-order valence-corrected chi connectivity index (χ4v) is 4.94. The molecule has 0 saturated heterocycles. The Morgan fingerprint density at radius 1 is 1.15 bits per heavy atom. The van der Waals surface area contributed by atoms with Crippen LogP contribution in [-0.2, 0) is 22.7 Å². The van der Waals surface area contributed by atoms with Gasteiger partial charge in [0.15, 0.2) is 0 Å². The molecule has 1 N–H and O–H groups in total. The van der Waals surface area contributed by atoms with Gasteiger partial charge < -0.3 is 15.0 Å². The van der Waals surface area contributed by atoms with Gasteiger partial charge in [-0.1, -0.05) is 49.2 Å². The van der Waals surface area contributed by atoms with Gasteiger partial charge in [0, 0.05) is 37.8 Å². The summed E-state index contributed by atoms with van der Waals surface area (Å²) in [4.78, 5) is 28.8. The van der Waals surface area contributed by atoms with Gasteiger partial charge in [-0.25, -0.2) is 4.39 Å². The van der Waals surface area contributed by atoms with Gasteiger partial charge in [-0.2, -0.15) is 0 Å². The number of alkyl halides is 3. The first-order chi connectivity index (χ1) is 19.5. The molecule has 2 aliphatic rings. The summed E-state index contributed by atoms with van der Waals surface area (Å²) in [5, 5.41) is 2.73. The van der Waals surface area contributed by atoms with Crippen LogP contribution in [0.1, 0.15) is 49.4 Å². The number of benzene rings is 1. The van der Waals surface area contributed by atoms with Gasteiger partial charge in [-0.05, 0) is 66.7 Å². The molecule has 6 nitrogen and oxygen atoms in total. The average molecular weight is 594 g/mol. The molecule has 2 atom stereocenters. The molecule has 1 aromatic carbocycles. The van der Waals surface area contributed by atoms with Gasteiger partial charge in [-0.3, -0.25) is 14.6 Å². The van der Waals surface area contributed by atoms with Crippen LogP contribution >= 0.6 is 11.6 Å². The van der Waals surface area contributed by atoms with Crippen molar-refractivity contribution in [3.05, 3.63) is 88.5 Å². The van der Waals surface area contributed by atoms with E-state index in [1.807, 2.05) is 25.3 Å². The zero-order chi connectivity index (χ0) is 30.0. The topological polar surface area (TPSA) is 71.5 Å². The average Bonchev–Trinajstić information content (AvgIpc) is 3.28. The van der Waals surface area contributed by atoms with Crippen molar-refractivity contribution < 1.29 is 31.9 Å². The number of hydrogen-bond acceptors (Lipinski definition) is 4. The van der Waals surface area contributed by atoms with Crippen LogP contribution in [0.25, 0.3) is 5.57 Å². The number of pyridine rings is 1. The van der Waals surface area contributed by atoms with E-state index in [0.717, 1.165) is 30.4 Å². The molecule has 2 aromatic rings. The molecule has 1 heterocycles. The number of carbonyl (C=O) groups excluding carboxylic acids is 2. The minimum atomic E-state index is -4.68. The molecule has 0 radical (unpaired) electrons. The number of halogens is 5. The summed E-state index contributed by atoms with van der Waals surface area (Å²) in [6.45, 7) is 2.97. The molecule has 41 heavy (non-hydrogen) atoms. The third kappa shape index (κ3) is 10.0. The fraction of sp³-hybridized carbons (Fsp3) is 0.367. The van der Waals surface area contributed by atoms with Gasteiger partial charge in [0.2, 0.25) is 12.3 Å². The highest BCUT2D eigenvalue weighted by atomic mass is 35.5. The molecule has 4 rings (SSSR count). The van der Waals surface area contributed by atoms with E-state index in [1.54, 1.807) is 11.1 Å². The smallest absolute Gasteiger partial charge is 0.406 e. The molecular formula is C30H32ClF4N3O3. The molecule has 1 aromatic heterocycles. The van der Waals surface area contributed by atoms with E-state index in [9.17, 15) is 27.2 Å². The lowest BCUT2D eigenvalue weighted by atomic mass is 9.96. The van der Waals surface area contributed by atoms with Crippen molar-refractivity contribution in [2.75, 3.05) is 7.05 Å². The molecule has 2 aliphatic carbocycles. The van der Waals surface area contributed by atoms with Crippen LogP contribution in [0.5, 0.6) is 5.75 Å². The van der Waals surface area contributed by atoms with E-state index in [-0.39, 0.29) is 29.9 Å². The summed E-state index contributed by atoms with van der Waals surface area (Å²) < 4.78 is 52.4. The highest BCUT2D eigenvalue weighted by Gasteiger charge is 2.32. The van der Waals surface area contributed by atoms with Crippen LogP contribution < -0.4 is 10.1 Å². The first-order valence-corrected chi connectivity index (χ1v) is 13.5. The number of nitrogens with zero attached hydrogens (tertiary/aromatic N) is 2. The Hall–Kier alpha value is -3.66. The molecule has 220 valence electrons. The number of amides is 2. The van der Waals surface area contributed by atoms with E-state index >= 15 is 0 Å². The predicted molar refractivity (Wildman–Crippen MR) is 149 cm³/mol. The maximum absolute atomic E-state index is 13.4. The molecule has 1 saturated carbocycles. The SMILES string of the molecule is CC1CCC[C@H]1C(=O)N(C)Cc1ccc(C2=CCC=C(F)C=C2Cl)nc1.O=CNCc1ccc(OC(F)(F)F)cc1. The first kappa shape index (κ1) is 31.9. The van der Waals surface area contributed by atoms with Crippen LogP contribution in [-0.4, -0.2) is 35.6 Å². The lowest BCUT2D eigenvalue weighted by Gasteiger charge is -2.23. The number of rotatable bonds is 8. The third-order valence-corrected chi connectivity index (χ3v) is 7.09. The summed E-state index contributed by atoms with van der Waals surface area (Å²) in [7, 11) is 1.85. The maximum Gasteiger partial charge on any atom is 0.573 e. The van der Waals surface area contributed by atoms with E-state index < -0.39 is 6.36 Å². The molecule has 0 bridgehead atoms. The minimum Gasteiger partial charge on any atom is -0.406 e. The fourth-order valence-electron chi connectivity index (χ4n) is 4.66. The summed E-state index contributed by atoms with van der Waals surface area (Å²) in [5.74, 6) is 0.222. The lowest BCUT2D eigenvalue weighted by Crippen LogP contribution is -2.33. The molecule has 0 aliphatic heterocycles. The molecule has 0 spiro atoms. The van der Waals surface area contributed by atoms with Gasteiger partial charge >= 0.3 is 6.36 Å². The Kier molecular flexibility index (Phi) is 11.5. The first-order valence-electron chi connectivity index (χ1n) is 13.1. The second-order valence-corrected chi connectivity index (χ2v) is 10.3. The monoisotopic (exact) mass is 593 g/mol. The van der Waals surface area contributed by atoms with Crippen molar-refractivity contribution >= 4 is 29.5 Å². The van der Waals surface area contributed by atoms with Gasteiger partial charge in [0.1, 0.15) is 11.6 Å². The molecule has 1 unspecified atom stereocenters. The van der Waals surface area contributed by atoms with Crippen molar-refractivity contribution in [2.45, 2.75) is 52.1 Å². The lowest BCUT2D eigenvalue weighted by molar-refractivity contribution is -0.274. The summed E-state index contributed by atoms with van der Waals surface area (Å²) >= 11 is 6.19. The van der Waals surface area contributed by atoms with E-state index in [1.165, 1.54) is 36.4 Å². The number of ether oxygens (including phenoxy) is 1. The predicted octanol–water partition coefficient (Wildman–Crippen LogP) is 7.07.